The summed E-state index contributed by atoms with van der Waals surface area (Å²) < 4.78 is 13.6. The molecule has 1 amide bonds. The molecule has 1 aromatic rings. The molecule has 0 bridgehead atoms. The number of benzene rings is 1. The van der Waals surface area contributed by atoms with Crippen molar-refractivity contribution in [3.05, 3.63) is 35.9 Å². The Bertz CT molecular complexity index is 382. The van der Waals surface area contributed by atoms with Crippen molar-refractivity contribution in [2.24, 2.45) is 5.92 Å². The van der Waals surface area contributed by atoms with Crippen molar-refractivity contribution in [2.45, 2.75) is 12.6 Å². The van der Waals surface area contributed by atoms with Gasteiger partial charge in [0.25, 0.3) is 5.91 Å². The first-order valence-corrected chi connectivity index (χ1v) is 5.81. The second kappa shape index (κ2) is 5.27. The molecule has 1 aliphatic heterocycles. The summed E-state index contributed by atoms with van der Waals surface area (Å²) >= 11 is 0. The lowest BCUT2D eigenvalue weighted by atomic mass is 9.95. The standard InChI is InChI=1S/C13H16FNO2/c14-12-8-15(7-6-11(12)9-16)13(17)10-4-2-1-3-5-10/h1-5,11-12,16H,6-9H2/t11-,12-/m1/s1. The average molecular weight is 237 g/mol. The third-order valence-corrected chi connectivity index (χ3v) is 3.22. The first-order valence-electron chi connectivity index (χ1n) is 5.81. The highest BCUT2D eigenvalue weighted by Gasteiger charge is 2.31. The molecule has 0 aromatic heterocycles. The molecule has 2 rings (SSSR count). The minimum atomic E-state index is -1.12. The van der Waals surface area contributed by atoms with Crippen LogP contribution in [-0.4, -0.2) is 41.8 Å². The van der Waals surface area contributed by atoms with Crippen LogP contribution in [0.5, 0.6) is 0 Å². The summed E-state index contributed by atoms with van der Waals surface area (Å²) in [5.41, 5.74) is 0.585. The van der Waals surface area contributed by atoms with Gasteiger partial charge >= 0.3 is 0 Å². The van der Waals surface area contributed by atoms with Gasteiger partial charge in [0.2, 0.25) is 0 Å². The molecule has 0 radical (unpaired) electrons. The maximum absolute atomic E-state index is 13.6. The van der Waals surface area contributed by atoms with Gasteiger partial charge in [-0.1, -0.05) is 18.2 Å². The molecule has 0 aliphatic carbocycles. The van der Waals surface area contributed by atoms with Crippen molar-refractivity contribution in [1.29, 1.82) is 0 Å². The number of hydrogen-bond donors (Lipinski definition) is 1. The Balaban J connectivity index is 2.03. The largest absolute Gasteiger partial charge is 0.396 e. The molecule has 1 aliphatic rings. The molecule has 1 heterocycles. The Hall–Kier alpha value is -1.42. The minimum absolute atomic E-state index is 0.0823. The number of rotatable bonds is 2. The van der Waals surface area contributed by atoms with Gasteiger partial charge in [0.05, 0.1) is 6.54 Å². The lowest BCUT2D eigenvalue weighted by molar-refractivity contribution is 0.0381. The molecule has 3 nitrogen and oxygen atoms in total. The van der Waals surface area contributed by atoms with Crippen LogP contribution in [0.3, 0.4) is 0 Å². The van der Waals surface area contributed by atoms with Gasteiger partial charge in [-0.05, 0) is 18.6 Å². The van der Waals surface area contributed by atoms with Gasteiger partial charge in [-0.2, -0.15) is 0 Å². The average Bonchev–Trinajstić information content (AvgIpc) is 2.39. The molecule has 0 saturated carbocycles. The fourth-order valence-electron chi connectivity index (χ4n) is 2.11. The van der Waals surface area contributed by atoms with E-state index in [1.165, 1.54) is 4.90 Å². The molecule has 1 N–H and O–H groups in total. The highest BCUT2D eigenvalue weighted by Crippen LogP contribution is 2.21. The van der Waals surface area contributed by atoms with Crippen LogP contribution in [0.2, 0.25) is 0 Å². The van der Waals surface area contributed by atoms with Crippen molar-refractivity contribution in [3.63, 3.8) is 0 Å². The number of piperidine rings is 1. The summed E-state index contributed by atoms with van der Waals surface area (Å²) in [6.45, 7) is 0.451. The number of nitrogens with zero attached hydrogens (tertiary/aromatic N) is 1. The molecule has 17 heavy (non-hydrogen) atoms. The van der Waals surface area contributed by atoms with Gasteiger partial charge in [-0.25, -0.2) is 4.39 Å². The quantitative estimate of drug-likeness (QED) is 0.846. The number of carbonyl (C=O) groups is 1. The van der Waals surface area contributed by atoms with E-state index in [-0.39, 0.29) is 25.0 Å². The number of amides is 1. The highest BCUT2D eigenvalue weighted by atomic mass is 19.1. The highest BCUT2D eigenvalue weighted by molar-refractivity contribution is 5.94. The molecule has 2 atom stereocenters. The molecule has 1 fully saturated rings. The number of likely N-dealkylation sites (tertiary alicyclic amines) is 1. The molecular weight excluding hydrogens is 221 g/mol. The first kappa shape index (κ1) is 12.0. The van der Waals surface area contributed by atoms with Gasteiger partial charge in [0, 0.05) is 24.6 Å². The van der Waals surface area contributed by atoms with E-state index in [0.717, 1.165) is 0 Å². The second-order valence-corrected chi connectivity index (χ2v) is 4.36. The molecule has 1 saturated heterocycles. The summed E-state index contributed by atoms with van der Waals surface area (Å²) in [7, 11) is 0. The van der Waals surface area contributed by atoms with Crippen LogP contribution < -0.4 is 0 Å². The van der Waals surface area contributed by atoms with Crippen LogP contribution >= 0.6 is 0 Å². The van der Waals surface area contributed by atoms with E-state index in [4.69, 9.17) is 5.11 Å². The van der Waals surface area contributed by atoms with Crippen LogP contribution in [0.25, 0.3) is 0 Å². The summed E-state index contributed by atoms with van der Waals surface area (Å²) in [5, 5.41) is 8.96. The van der Waals surface area contributed by atoms with Crippen LogP contribution in [0.15, 0.2) is 30.3 Å². The monoisotopic (exact) mass is 237 g/mol. The molecule has 4 heteroatoms. The van der Waals surface area contributed by atoms with E-state index >= 15 is 0 Å². The zero-order chi connectivity index (χ0) is 12.3. The molecule has 92 valence electrons. The summed E-state index contributed by atoms with van der Waals surface area (Å²) in [4.78, 5) is 13.6. The normalized spacial score (nSPS) is 24.7. The predicted octanol–water partition coefficient (Wildman–Crippen LogP) is 1.48. The number of halogens is 1. The fraction of sp³-hybridized carbons (Fsp3) is 0.462. The van der Waals surface area contributed by atoms with Crippen molar-refractivity contribution in [3.8, 4) is 0 Å². The van der Waals surface area contributed by atoms with E-state index in [9.17, 15) is 9.18 Å². The zero-order valence-corrected chi connectivity index (χ0v) is 9.55. The van der Waals surface area contributed by atoms with E-state index in [1.807, 2.05) is 6.07 Å². The van der Waals surface area contributed by atoms with Crippen molar-refractivity contribution in [1.82, 2.24) is 4.90 Å². The zero-order valence-electron chi connectivity index (χ0n) is 9.55. The summed E-state index contributed by atoms with van der Waals surface area (Å²) in [6, 6.07) is 8.88. The number of aliphatic hydroxyl groups excluding tert-OH is 1. The Morgan fingerprint density at radius 2 is 2.12 bits per heavy atom. The summed E-state index contributed by atoms with van der Waals surface area (Å²) in [6.07, 6.45) is -0.600. The number of alkyl halides is 1. The maximum Gasteiger partial charge on any atom is 0.253 e. The Morgan fingerprint density at radius 3 is 2.71 bits per heavy atom. The molecule has 0 unspecified atom stereocenters. The van der Waals surface area contributed by atoms with Crippen molar-refractivity contribution >= 4 is 5.91 Å². The van der Waals surface area contributed by atoms with E-state index in [2.05, 4.69) is 0 Å². The summed E-state index contributed by atoms with van der Waals surface area (Å²) in [5.74, 6) is -0.459. The molecule has 0 spiro atoms. The topological polar surface area (TPSA) is 40.5 Å². The van der Waals surface area contributed by atoms with Crippen molar-refractivity contribution in [2.75, 3.05) is 19.7 Å². The lowest BCUT2D eigenvalue weighted by Crippen LogP contribution is -2.45. The lowest BCUT2D eigenvalue weighted by Gasteiger charge is -2.33. The minimum Gasteiger partial charge on any atom is -0.396 e. The van der Waals surface area contributed by atoms with Crippen LogP contribution in [0, 0.1) is 5.92 Å². The number of aliphatic hydroxyl groups is 1. The smallest absolute Gasteiger partial charge is 0.253 e. The number of carbonyl (C=O) groups excluding carboxylic acids is 1. The third-order valence-electron chi connectivity index (χ3n) is 3.22. The fourth-order valence-corrected chi connectivity index (χ4v) is 2.11. The van der Waals surface area contributed by atoms with E-state index < -0.39 is 6.17 Å². The van der Waals surface area contributed by atoms with Gasteiger partial charge in [0.15, 0.2) is 0 Å². The predicted molar refractivity (Wildman–Crippen MR) is 62.4 cm³/mol. The van der Waals surface area contributed by atoms with Crippen LogP contribution in [-0.2, 0) is 0 Å². The second-order valence-electron chi connectivity index (χ2n) is 4.36. The Labute approximate surface area is 99.9 Å². The molecular formula is C13H16FNO2. The Morgan fingerprint density at radius 1 is 1.41 bits per heavy atom. The third kappa shape index (κ3) is 2.64. The SMILES string of the molecule is O=C(c1ccccc1)N1CC[C@H](CO)[C@H](F)C1. The van der Waals surface area contributed by atoms with Gasteiger partial charge in [0.1, 0.15) is 6.17 Å². The van der Waals surface area contributed by atoms with E-state index in [0.29, 0.717) is 18.5 Å². The van der Waals surface area contributed by atoms with Gasteiger partial charge < -0.3 is 10.0 Å². The van der Waals surface area contributed by atoms with Crippen LogP contribution in [0.4, 0.5) is 4.39 Å². The van der Waals surface area contributed by atoms with Crippen molar-refractivity contribution < 1.29 is 14.3 Å². The Kier molecular flexibility index (Phi) is 3.74. The van der Waals surface area contributed by atoms with Gasteiger partial charge in [-0.15, -0.1) is 0 Å². The number of hydrogen-bond acceptors (Lipinski definition) is 2. The van der Waals surface area contributed by atoms with E-state index in [1.54, 1.807) is 24.3 Å². The molecule has 1 aromatic carbocycles. The maximum atomic E-state index is 13.6. The van der Waals surface area contributed by atoms with Crippen LogP contribution in [0.1, 0.15) is 16.8 Å². The first-order chi connectivity index (χ1) is 8.22. The van der Waals surface area contributed by atoms with Gasteiger partial charge in [-0.3, -0.25) is 4.79 Å².